The summed E-state index contributed by atoms with van der Waals surface area (Å²) in [6.07, 6.45) is 2.28. The van der Waals surface area contributed by atoms with Gasteiger partial charge in [-0.2, -0.15) is 0 Å². The molecule has 0 aliphatic carbocycles. The van der Waals surface area contributed by atoms with Gasteiger partial charge in [0.05, 0.1) is 11.3 Å². The maximum absolute atomic E-state index is 13.7. The number of hydrogen-bond acceptors (Lipinski definition) is 3. The summed E-state index contributed by atoms with van der Waals surface area (Å²) < 4.78 is 26.7. The quantitative estimate of drug-likeness (QED) is 0.732. The molecule has 0 radical (unpaired) electrons. The molecule has 2 heterocycles. The molecule has 0 spiro atoms. The first kappa shape index (κ1) is 17.1. The summed E-state index contributed by atoms with van der Waals surface area (Å²) in [5.41, 5.74) is 2.63. The van der Waals surface area contributed by atoms with Crippen molar-refractivity contribution in [2.45, 2.75) is 19.4 Å². The molecule has 1 amide bonds. The molecule has 27 heavy (non-hydrogen) atoms. The molecule has 1 N–H and O–H groups in total. The van der Waals surface area contributed by atoms with E-state index in [0.717, 1.165) is 29.8 Å². The highest BCUT2D eigenvalue weighted by atomic mass is 19.1. The molecule has 0 fully saturated rings. The number of fused-ring (bicyclic) bond motifs is 1. The van der Waals surface area contributed by atoms with Gasteiger partial charge in [0.25, 0.3) is 5.91 Å². The molecule has 1 unspecified atom stereocenters. The highest BCUT2D eigenvalue weighted by Gasteiger charge is 2.31. The average Bonchev–Trinajstić information content (AvgIpc) is 3.00. The first-order valence-corrected chi connectivity index (χ1v) is 8.62. The average molecular weight is 365 g/mol. The number of amides is 1. The van der Waals surface area contributed by atoms with Crippen molar-refractivity contribution in [3.05, 3.63) is 83.6 Å². The van der Waals surface area contributed by atoms with Crippen LogP contribution in [0.5, 0.6) is 0 Å². The van der Waals surface area contributed by atoms with Gasteiger partial charge >= 0.3 is 0 Å². The Morgan fingerprint density at radius 2 is 1.96 bits per heavy atom. The highest BCUT2D eigenvalue weighted by Crippen LogP contribution is 2.33. The van der Waals surface area contributed by atoms with Crippen LogP contribution in [0.3, 0.4) is 0 Å². The number of hydrogen-bond donors (Lipinski definition) is 1. The Kier molecular flexibility index (Phi) is 4.32. The minimum Gasteiger partial charge on any atom is -0.338 e. The summed E-state index contributed by atoms with van der Waals surface area (Å²) in [4.78, 5) is 18.9. The zero-order valence-electron chi connectivity index (χ0n) is 14.6. The van der Waals surface area contributed by atoms with Crippen molar-refractivity contribution in [3.63, 3.8) is 0 Å². The third-order valence-electron chi connectivity index (χ3n) is 4.63. The van der Waals surface area contributed by atoms with E-state index in [0.29, 0.717) is 11.4 Å². The lowest BCUT2D eigenvalue weighted by atomic mass is 10.1. The molecular weight excluding hydrogens is 348 g/mol. The third kappa shape index (κ3) is 3.26. The van der Waals surface area contributed by atoms with Crippen molar-refractivity contribution in [1.82, 2.24) is 4.98 Å². The van der Waals surface area contributed by atoms with Crippen LogP contribution in [0.4, 0.5) is 26.0 Å². The molecule has 4 nitrogen and oxygen atoms in total. The molecule has 4 rings (SSSR count). The number of carbonyl (C=O) groups is 1. The van der Waals surface area contributed by atoms with Gasteiger partial charge in [0.1, 0.15) is 17.5 Å². The van der Waals surface area contributed by atoms with Gasteiger partial charge in [-0.15, -0.1) is 0 Å². The molecule has 2 aromatic carbocycles. The van der Waals surface area contributed by atoms with Crippen LogP contribution in [0.25, 0.3) is 0 Å². The second-order valence-electron chi connectivity index (χ2n) is 6.54. The Labute approximate surface area is 155 Å². The summed E-state index contributed by atoms with van der Waals surface area (Å²) in [6.45, 7) is 2.01. The van der Waals surface area contributed by atoms with E-state index in [2.05, 4.69) is 10.3 Å². The molecule has 3 aromatic rings. The van der Waals surface area contributed by atoms with E-state index in [1.807, 2.05) is 31.2 Å². The standard InChI is InChI=1S/C21H17F2N3O/c1-13-10-14-4-2-3-5-19(14)26(13)21(27)15-6-9-20(24-12-15)25-18-8-7-16(22)11-17(18)23/h2-9,11-13H,10H2,1H3,(H,24,25). The Bertz CT molecular complexity index is 1000. The molecule has 1 aliphatic heterocycles. The fourth-order valence-electron chi connectivity index (χ4n) is 3.34. The molecule has 0 bridgehead atoms. The lowest BCUT2D eigenvalue weighted by molar-refractivity contribution is 0.0981. The van der Waals surface area contributed by atoms with Crippen LogP contribution < -0.4 is 10.2 Å². The monoisotopic (exact) mass is 365 g/mol. The van der Waals surface area contributed by atoms with E-state index in [1.54, 1.807) is 17.0 Å². The minimum atomic E-state index is -0.709. The molecule has 0 saturated carbocycles. The van der Waals surface area contributed by atoms with E-state index >= 15 is 0 Å². The number of carbonyl (C=O) groups excluding carboxylic acids is 1. The number of pyridine rings is 1. The highest BCUT2D eigenvalue weighted by molar-refractivity contribution is 6.07. The van der Waals surface area contributed by atoms with Crippen molar-refractivity contribution in [2.75, 3.05) is 10.2 Å². The van der Waals surface area contributed by atoms with Crippen LogP contribution in [0.2, 0.25) is 0 Å². The lowest BCUT2D eigenvalue weighted by Gasteiger charge is -2.22. The predicted octanol–water partition coefficient (Wildman–Crippen LogP) is 4.69. The summed E-state index contributed by atoms with van der Waals surface area (Å²) in [7, 11) is 0. The van der Waals surface area contributed by atoms with Crippen LogP contribution in [0.1, 0.15) is 22.8 Å². The van der Waals surface area contributed by atoms with Gasteiger partial charge in [-0.3, -0.25) is 4.79 Å². The number of nitrogens with one attached hydrogen (secondary N) is 1. The zero-order valence-corrected chi connectivity index (χ0v) is 14.6. The number of para-hydroxylation sites is 1. The Balaban J connectivity index is 1.55. The number of benzene rings is 2. The normalized spacial score (nSPS) is 15.5. The molecule has 1 atom stereocenters. The van der Waals surface area contributed by atoms with Gasteiger partial charge in [0.15, 0.2) is 0 Å². The zero-order chi connectivity index (χ0) is 19.0. The number of aromatic nitrogens is 1. The third-order valence-corrected chi connectivity index (χ3v) is 4.63. The Hall–Kier alpha value is -3.28. The summed E-state index contributed by atoms with van der Waals surface area (Å²) in [5.74, 6) is -1.11. The van der Waals surface area contributed by atoms with Gasteiger partial charge in [0, 0.05) is 24.0 Å². The van der Waals surface area contributed by atoms with Crippen LogP contribution in [-0.2, 0) is 6.42 Å². The molecule has 1 aliphatic rings. The molecule has 6 heteroatoms. The maximum Gasteiger partial charge on any atom is 0.260 e. The van der Waals surface area contributed by atoms with Crippen LogP contribution >= 0.6 is 0 Å². The Morgan fingerprint density at radius 1 is 1.15 bits per heavy atom. The molecule has 0 saturated heterocycles. The molecule has 1 aromatic heterocycles. The number of nitrogens with zero attached hydrogens (tertiary/aromatic N) is 2. The van der Waals surface area contributed by atoms with Gasteiger partial charge in [0.2, 0.25) is 0 Å². The number of halogens is 2. The van der Waals surface area contributed by atoms with E-state index < -0.39 is 11.6 Å². The second kappa shape index (κ2) is 6.79. The summed E-state index contributed by atoms with van der Waals surface area (Å²) >= 11 is 0. The van der Waals surface area contributed by atoms with Gasteiger partial charge in [-0.05, 0) is 49.2 Å². The van der Waals surface area contributed by atoms with Crippen LogP contribution in [-0.4, -0.2) is 16.9 Å². The van der Waals surface area contributed by atoms with Gasteiger partial charge in [-0.25, -0.2) is 13.8 Å². The van der Waals surface area contributed by atoms with Gasteiger partial charge in [-0.1, -0.05) is 18.2 Å². The number of rotatable bonds is 3. The maximum atomic E-state index is 13.7. The SMILES string of the molecule is CC1Cc2ccccc2N1C(=O)c1ccc(Nc2ccc(F)cc2F)nc1. The van der Waals surface area contributed by atoms with E-state index in [1.165, 1.54) is 12.3 Å². The van der Waals surface area contributed by atoms with Crippen molar-refractivity contribution >= 4 is 23.1 Å². The topological polar surface area (TPSA) is 45.2 Å². The fourth-order valence-corrected chi connectivity index (χ4v) is 3.34. The van der Waals surface area contributed by atoms with Crippen molar-refractivity contribution in [2.24, 2.45) is 0 Å². The largest absolute Gasteiger partial charge is 0.338 e. The molecular formula is C21H17F2N3O. The van der Waals surface area contributed by atoms with Crippen molar-refractivity contribution in [1.29, 1.82) is 0 Å². The van der Waals surface area contributed by atoms with E-state index in [4.69, 9.17) is 0 Å². The van der Waals surface area contributed by atoms with Crippen LogP contribution in [0, 0.1) is 11.6 Å². The van der Waals surface area contributed by atoms with E-state index in [-0.39, 0.29) is 17.6 Å². The lowest BCUT2D eigenvalue weighted by Crippen LogP contribution is -2.35. The number of anilines is 3. The predicted molar refractivity (Wildman–Crippen MR) is 100 cm³/mol. The van der Waals surface area contributed by atoms with Crippen molar-refractivity contribution < 1.29 is 13.6 Å². The molecule has 136 valence electrons. The van der Waals surface area contributed by atoms with Gasteiger partial charge < -0.3 is 10.2 Å². The fraction of sp³-hybridized carbons (Fsp3) is 0.143. The van der Waals surface area contributed by atoms with E-state index in [9.17, 15) is 13.6 Å². The smallest absolute Gasteiger partial charge is 0.260 e. The summed E-state index contributed by atoms with van der Waals surface area (Å²) in [6, 6.07) is 14.4. The minimum absolute atomic E-state index is 0.0704. The van der Waals surface area contributed by atoms with Crippen molar-refractivity contribution in [3.8, 4) is 0 Å². The second-order valence-corrected chi connectivity index (χ2v) is 6.54. The first-order chi connectivity index (χ1) is 13.0. The Morgan fingerprint density at radius 3 is 2.70 bits per heavy atom. The van der Waals surface area contributed by atoms with Crippen LogP contribution in [0.15, 0.2) is 60.8 Å². The first-order valence-electron chi connectivity index (χ1n) is 8.62. The summed E-state index contributed by atoms with van der Waals surface area (Å²) in [5, 5.41) is 2.78.